The number of carbonyl (C=O) groups excluding carboxylic acids is 1. The highest BCUT2D eigenvalue weighted by Crippen LogP contribution is 2.42. The minimum atomic E-state index is -0.546. The number of thiocarbonyl (C=S) groups is 1. The molecule has 2 atom stereocenters. The molecule has 1 fully saturated rings. The van der Waals surface area contributed by atoms with Gasteiger partial charge in [-0.25, -0.2) is 5.01 Å². The van der Waals surface area contributed by atoms with Crippen molar-refractivity contribution in [3.05, 3.63) is 42.5 Å². The maximum Gasteiger partial charge on any atom is 0.316 e. The van der Waals surface area contributed by atoms with E-state index in [9.17, 15) is 4.79 Å². The summed E-state index contributed by atoms with van der Waals surface area (Å²) in [4.78, 5) is 12.1. The molecule has 1 heterocycles. The Balaban J connectivity index is 1.77. The normalized spacial score (nSPS) is 25.6. The van der Waals surface area contributed by atoms with Crippen molar-refractivity contribution in [2.24, 2.45) is 10.5 Å². The van der Waals surface area contributed by atoms with Gasteiger partial charge in [-0.3, -0.25) is 4.79 Å². The molecule has 0 amide bonds. The van der Waals surface area contributed by atoms with Gasteiger partial charge in [0, 0.05) is 25.5 Å². The van der Waals surface area contributed by atoms with E-state index in [0.29, 0.717) is 10.7 Å². The summed E-state index contributed by atoms with van der Waals surface area (Å²) in [5.74, 6) is -0.138. The van der Waals surface area contributed by atoms with Crippen LogP contribution in [-0.2, 0) is 9.53 Å². The molecule has 1 aliphatic heterocycles. The fourth-order valence-corrected chi connectivity index (χ4v) is 3.39. The molecule has 0 aromatic heterocycles. The Kier molecular flexibility index (Phi) is 4.82. The zero-order valence-corrected chi connectivity index (χ0v) is 14.5. The quantitative estimate of drug-likeness (QED) is 0.273. The number of hydrazone groups is 1. The lowest BCUT2D eigenvalue weighted by Gasteiger charge is -2.22. The van der Waals surface area contributed by atoms with Crippen LogP contribution in [0.4, 0.5) is 5.69 Å². The number of thioether (sulfide) groups is 1. The third kappa shape index (κ3) is 3.33. The molecule has 1 aromatic rings. The highest BCUT2D eigenvalue weighted by molar-refractivity contribution is 8.22. The molecule has 2 bridgehead atoms. The Morgan fingerprint density at radius 1 is 1.52 bits per heavy atom. The van der Waals surface area contributed by atoms with Crippen LogP contribution >= 0.6 is 24.0 Å². The molecule has 120 valence electrons. The molecular formula is C17H18N2O2S2. The third-order valence-electron chi connectivity index (χ3n) is 4.11. The van der Waals surface area contributed by atoms with Gasteiger partial charge in [-0.1, -0.05) is 54.3 Å². The summed E-state index contributed by atoms with van der Waals surface area (Å²) < 4.78 is 6.06. The van der Waals surface area contributed by atoms with Crippen molar-refractivity contribution in [3.63, 3.8) is 0 Å². The molecule has 2 aliphatic rings. The maximum absolute atomic E-state index is 12.1. The monoisotopic (exact) mass is 346 g/mol. The standard InChI is InChI=1S/C17H18N2O2S2/c1-23-16(22)19(13-6-3-2-4-7-13)18-11-10-17-9-5-8-14(12-17)21-15(17)20/h2-7,9,11,14H,8,10,12H2,1H3/b18-11+/t14-,17-/m1/s1. The Bertz CT molecular complexity index is 660. The van der Waals surface area contributed by atoms with E-state index >= 15 is 0 Å². The van der Waals surface area contributed by atoms with E-state index in [-0.39, 0.29) is 12.1 Å². The minimum Gasteiger partial charge on any atom is -0.461 e. The topological polar surface area (TPSA) is 41.9 Å². The summed E-state index contributed by atoms with van der Waals surface area (Å²) in [5.41, 5.74) is 0.363. The van der Waals surface area contributed by atoms with Gasteiger partial charge >= 0.3 is 5.97 Å². The van der Waals surface area contributed by atoms with Gasteiger partial charge in [0.15, 0.2) is 4.32 Å². The fourth-order valence-electron chi connectivity index (χ4n) is 2.91. The molecule has 0 radical (unpaired) electrons. The number of hydrogen-bond acceptors (Lipinski definition) is 5. The van der Waals surface area contributed by atoms with Gasteiger partial charge in [0.05, 0.1) is 11.1 Å². The molecular weight excluding hydrogens is 328 g/mol. The molecule has 4 nitrogen and oxygen atoms in total. The summed E-state index contributed by atoms with van der Waals surface area (Å²) in [6, 6.07) is 9.76. The molecule has 0 unspecified atom stereocenters. The van der Waals surface area contributed by atoms with Crippen LogP contribution in [0.2, 0.25) is 0 Å². The number of carbonyl (C=O) groups is 1. The Labute approximate surface area is 145 Å². The first-order valence-electron chi connectivity index (χ1n) is 7.49. The summed E-state index contributed by atoms with van der Waals surface area (Å²) in [5, 5.41) is 6.23. The minimum absolute atomic E-state index is 0.0263. The van der Waals surface area contributed by atoms with Gasteiger partial charge in [0.1, 0.15) is 6.10 Å². The van der Waals surface area contributed by atoms with Gasteiger partial charge in [-0.15, -0.1) is 0 Å². The number of rotatable bonds is 4. The number of fused-ring (bicyclic) bond motifs is 2. The number of anilines is 1. The maximum atomic E-state index is 12.1. The largest absolute Gasteiger partial charge is 0.461 e. The first-order chi connectivity index (χ1) is 11.1. The number of benzene rings is 1. The Morgan fingerprint density at radius 2 is 2.30 bits per heavy atom. The molecule has 0 spiro atoms. The first-order valence-corrected chi connectivity index (χ1v) is 9.12. The lowest BCUT2D eigenvalue weighted by molar-refractivity contribution is -0.146. The van der Waals surface area contributed by atoms with Crippen molar-refractivity contribution in [2.45, 2.75) is 25.4 Å². The summed E-state index contributed by atoms with van der Waals surface area (Å²) in [6.07, 6.45) is 9.82. The van der Waals surface area contributed by atoms with Crippen molar-refractivity contribution in [1.82, 2.24) is 0 Å². The van der Waals surface area contributed by atoms with Crippen molar-refractivity contribution in [3.8, 4) is 0 Å². The van der Waals surface area contributed by atoms with Crippen LogP contribution in [0.3, 0.4) is 0 Å². The predicted octanol–water partition coefficient (Wildman–Crippen LogP) is 3.78. The van der Waals surface area contributed by atoms with Gasteiger partial charge in [-0.2, -0.15) is 5.10 Å². The van der Waals surface area contributed by atoms with Gasteiger partial charge in [0.25, 0.3) is 0 Å². The Hall–Kier alpha value is -1.66. The van der Waals surface area contributed by atoms with Crippen molar-refractivity contribution >= 4 is 46.2 Å². The molecule has 0 N–H and O–H groups in total. The van der Waals surface area contributed by atoms with E-state index in [1.165, 1.54) is 11.8 Å². The second-order valence-electron chi connectivity index (χ2n) is 5.65. The molecule has 1 aliphatic carbocycles. The van der Waals surface area contributed by atoms with Gasteiger partial charge < -0.3 is 4.74 Å². The second kappa shape index (κ2) is 6.84. The van der Waals surface area contributed by atoms with Crippen LogP contribution in [0.15, 0.2) is 47.6 Å². The van der Waals surface area contributed by atoms with Gasteiger partial charge in [0.2, 0.25) is 0 Å². The van der Waals surface area contributed by atoms with Crippen molar-refractivity contribution in [1.29, 1.82) is 0 Å². The van der Waals surface area contributed by atoms with Crippen LogP contribution in [0, 0.1) is 5.41 Å². The fraction of sp³-hybridized carbons (Fsp3) is 0.353. The zero-order valence-electron chi connectivity index (χ0n) is 12.8. The number of esters is 1. The molecule has 1 aromatic carbocycles. The molecule has 6 heteroatoms. The zero-order chi connectivity index (χ0) is 16.3. The number of hydrogen-bond donors (Lipinski definition) is 0. The van der Waals surface area contributed by atoms with Gasteiger partial charge in [-0.05, 0) is 18.4 Å². The first kappa shape index (κ1) is 16.2. The third-order valence-corrected chi connectivity index (χ3v) is 5.30. The van der Waals surface area contributed by atoms with E-state index in [0.717, 1.165) is 18.5 Å². The smallest absolute Gasteiger partial charge is 0.316 e. The van der Waals surface area contributed by atoms with Crippen LogP contribution in [0.1, 0.15) is 19.3 Å². The van der Waals surface area contributed by atoms with Crippen molar-refractivity contribution in [2.75, 3.05) is 11.3 Å². The van der Waals surface area contributed by atoms with E-state index in [1.54, 1.807) is 11.2 Å². The van der Waals surface area contributed by atoms with Crippen molar-refractivity contribution < 1.29 is 9.53 Å². The highest BCUT2D eigenvalue weighted by atomic mass is 32.2. The molecule has 0 saturated carbocycles. The van der Waals surface area contributed by atoms with E-state index in [2.05, 4.69) is 5.10 Å². The van der Waals surface area contributed by atoms with Crippen LogP contribution < -0.4 is 5.01 Å². The molecule has 3 rings (SSSR count). The van der Waals surface area contributed by atoms with E-state index in [4.69, 9.17) is 17.0 Å². The number of ether oxygens (including phenoxy) is 1. The van der Waals surface area contributed by atoms with E-state index in [1.807, 2.05) is 48.7 Å². The summed E-state index contributed by atoms with van der Waals surface area (Å²) >= 11 is 6.85. The SMILES string of the molecule is CSC(=S)N(/N=C/C[C@]12C=CC[C@H](C1)OC2=O)c1ccccc1. The average Bonchev–Trinajstić information content (AvgIpc) is 2.80. The number of para-hydroxylation sites is 1. The highest BCUT2D eigenvalue weighted by Gasteiger charge is 2.48. The second-order valence-corrected chi connectivity index (χ2v) is 7.09. The lowest BCUT2D eigenvalue weighted by atomic mass is 9.78. The predicted molar refractivity (Wildman–Crippen MR) is 98.8 cm³/mol. The van der Waals surface area contributed by atoms with Crippen LogP contribution in [0.25, 0.3) is 0 Å². The van der Waals surface area contributed by atoms with Crippen LogP contribution in [0.5, 0.6) is 0 Å². The Morgan fingerprint density at radius 3 is 3.04 bits per heavy atom. The molecule has 1 saturated heterocycles. The lowest BCUT2D eigenvalue weighted by Crippen LogP contribution is -2.27. The van der Waals surface area contributed by atoms with E-state index < -0.39 is 5.41 Å². The van der Waals surface area contributed by atoms with Crippen LogP contribution in [-0.4, -0.2) is 28.9 Å². The summed E-state index contributed by atoms with van der Waals surface area (Å²) in [6.45, 7) is 0. The number of nitrogens with zero attached hydrogens (tertiary/aromatic N) is 2. The molecule has 23 heavy (non-hydrogen) atoms. The summed E-state index contributed by atoms with van der Waals surface area (Å²) in [7, 11) is 0. The average molecular weight is 346 g/mol.